The van der Waals surface area contributed by atoms with Gasteiger partial charge >= 0.3 is 0 Å². The van der Waals surface area contributed by atoms with E-state index in [1.165, 1.54) is 32.5 Å². The number of H-pyrrole nitrogens is 1. The summed E-state index contributed by atoms with van der Waals surface area (Å²) in [5.74, 6) is 2.07. The molecule has 0 amide bonds. The van der Waals surface area contributed by atoms with Crippen LogP contribution in [0.2, 0.25) is 0 Å². The summed E-state index contributed by atoms with van der Waals surface area (Å²) in [6, 6.07) is 9.53. The van der Waals surface area contributed by atoms with Crippen LogP contribution >= 0.6 is 0 Å². The normalized spacial score (nSPS) is 18.5. The molecule has 2 fully saturated rings. The van der Waals surface area contributed by atoms with Gasteiger partial charge in [-0.2, -0.15) is 5.21 Å². The van der Waals surface area contributed by atoms with Crippen LogP contribution in [-0.2, 0) is 11.0 Å². The fourth-order valence-electron chi connectivity index (χ4n) is 4.37. The smallest absolute Gasteiger partial charge is 0.206 e. The lowest BCUT2D eigenvalue weighted by atomic mass is 9.98. The van der Waals surface area contributed by atoms with Gasteiger partial charge in [-0.25, -0.2) is 14.3 Å². The molecule has 0 radical (unpaired) electrons. The van der Waals surface area contributed by atoms with Crippen LogP contribution in [0, 0.1) is 5.92 Å². The zero-order chi connectivity index (χ0) is 20.5. The summed E-state index contributed by atoms with van der Waals surface area (Å²) in [4.78, 5) is 10.0. The fraction of sp³-hybridized carbons (Fsp3) is 0.400. The number of likely N-dealkylation sites (tertiary alicyclic amines) is 1. The first-order valence-electron chi connectivity index (χ1n) is 10.2. The van der Waals surface area contributed by atoms with E-state index in [4.69, 9.17) is 5.14 Å². The highest BCUT2D eigenvalue weighted by Gasteiger charge is 2.30. The Bertz CT molecular complexity index is 1030. The van der Waals surface area contributed by atoms with Crippen LogP contribution in [0.3, 0.4) is 0 Å². The average molecular weight is 425 g/mol. The van der Waals surface area contributed by atoms with Crippen molar-refractivity contribution in [2.24, 2.45) is 11.1 Å². The summed E-state index contributed by atoms with van der Waals surface area (Å²) in [6.07, 6.45) is 4.51. The van der Waals surface area contributed by atoms with Gasteiger partial charge < -0.3 is 9.80 Å². The van der Waals surface area contributed by atoms with Crippen molar-refractivity contribution >= 4 is 16.8 Å². The van der Waals surface area contributed by atoms with E-state index in [9.17, 15) is 4.21 Å². The second-order valence-electron chi connectivity index (χ2n) is 7.90. The minimum absolute atomic E-state index is 0.357. The van der Waals surface area contributed by atoms with E-state index < -0.39 is 11.0 Å². The molecule has 4 heterocycles. The van der Waals surface area contributed by atoms with Crippen LogP contribution in [0.4, 0.5) is 5.82 Å². The minimum atomic E-state index is -1.67. The van der Waals surface area contributed by atoms with E-state index >= 15 is 0 Å². The predicted molar refractivity (Wildman–Crippen MR) is 115 cm³/mol. The van der Waals surface area contributed by atoms with Gasteiger partial charge in [0.25, 0.3) is 0 Å². The number of benzene rings is 1. The lowest BCUT2D eigenvalue weighted by Crippen LogP contribution is -2.51. The number of hydrogen-bond donors (Lipinski definition) is 2. The SMILES string of the molecule is NS(=O)c1cccc(-c2ccc(N3CC(CN4CCCC4)C3)nc2)c1-c1nn[nH]n1. The highest BCUT2D eigenvalue weighted by atomic mass is 32.2. The summed E-state index contributed by atoms with van der Waals surface area (Å²) in [5.41, 5.74) is 2.32. The number of hydrogen-bond acceptors (Lipinski definition) is 7. The number of nitrogens with zero attached hydrogens (tertiary/aromatic N) is 6. The molecule has 2 aliphatic rings. The van der Waals surface area contributed by atoms with E-state index in [1.807, 2.05) is 30.5 Å². The van der Waals surface area contributed by atoms with Gasteiger partial charge in [0.2, 0.25) is 5.82 Å². The first-order chi connectivity index (χ1) is 14.7. The lowest BCUT2D eigenvalue weighted by Gasteiger charge is -2.41. The molecule has 0 saturated carbocycles. The van der Waals surface area contributed by atoms with Crippen LogP contribution in [0.15, 0.2) is 41.4 Å². The number of nitrogens with two attached hydrogens (primary N) is 1. The first-order valence-corrected chi connectivity index (χ1v) is 11.4. The molecule has 0 aliphatic carbocycles. The number of aromatic amines is 1. The number of tetrazole rings is 1. The number of nitrogens with one attached hydrogen (secondary N) is 1. The Labute approximate surface area is 177 Å². The van der Waals surface area contributed by atoms with Gasteiger partial charge in [-0.3, -0.25) is 0 Å². The molecular weight excluding hydrogens is 400 g/mol. The van der Waals surface area contributed by atoms with Crippen LogP contribution in [0.1, 0.15) is 12.8 Å². The maximum atomic E-state index is 12.1. The molecule has 30 heavy (non-hydrogen) atoms. The van der Waals surface area contributed by atoms with Gasteiger partial charge in [0.15, 0.2) is 0 Å². The summed E-state index contributed by atoms with van der Waals surface area (Å²) >= 11 is 0. The second-order valence-corrected chi connectivity index (χ2v) is 8.93. The third kappa shape index (κ3) is 3.73. The molecule has 1 atom stereocenters. The molecule has 10 heteroatoms. The molecule has 2 saturated heterocycles. The monoisotopic (exact) mass is 424 g/mol. The lowest BCUT2D eigenvalue weighted by molar-refractivity contribution is 0.247. The van der Waals surface area contributed by atoms with E-state index in [2.05, 4.69) is 35.4 Å². The highest BCUT2D eigenvalue weighted by molar-refractivity contribution is 7.82. The Hall–Kier alpha value is -2.69. The van der Waals surface area contributed by atoms with Crippen LogP contribution in [-0.4, -0.2) is 67.4 Å². The molecular formula is C20H24N8OS. The van der Waals surface area contributed by atoms with Gasteiger partial charge in [0.1, 0.15) is 16.8 Å². The quantitative estimate of drug-likeness (QED) is 0.615. The van der Waals surface area contributed by atoms with Crippen LogP contribution < -0.4 is 10.0 Å². The third-order valence-corrected chi connectivity index (χ3v) is 6.64. The summed E-state index contributed by atoms with van der Waals surface area (Å²) in [6.45, 7) is 5.81. The molecule has 5 rings (SSSR count). The molecule has 0 spiro atoms. The second kappa shape index (κ2) is 8.21. The van der Waals surface area contributed by atoms with Crippen molar-refractivity contribution in [1.82, 2.24) is 30.5 Å². The van der Waals surface area contributed by atoms with Gasteiger partial charge in [-0.15, -0.1) is 10.2 Å². The van der Waals surface area contributed by atoms with Crippen molar-refractivity contribution in [2.45, 2.75) is 17.7 Å². The van der Waals surface area contributed by atoms with E-state index in [-0.39, 0.29) is 0 Å². The molecule has 0 bridgehead atoms. The third-order valence-electron chi connectivity index (χ3n) is 5.87. The van der Waals surface area contributed by atoms with Crippen molar-refractivity contribution in [1.29, 1.82) is 0 Å². The van der Waals surface area contributed by atoms with E-state index in [0.717, 1.165) is 36.0 Å². The summed E-state index contributed by atoms with van der Waals surface area (Å²) in [7, 11) is -1.67. The van der Waals surface area contributed by atoms with Crippen LogP contribution in [0.5, 0.6) is 0 Å². The Morgan fingerprint density at radius 2 is 2.00 bits per heavy atom. The molecule has 9 nitrogen and oxygen atoms in total. The standard InChI is InChI=1S/C20H24N8OS/c21-30(29)17-5-3-4-16(19(17)20-23-25-26-24-20)15-6-7-18(22-10-15)28-12-14(13-28)11-27-8-1-2-9-27/h3-7,10,14H,1-2,8-9,11-13,21H2,(H,23,24,25,26). The Morgan fingerprint density at radius 3 is 2.67 bits per heavy atom. The minimum Gasteiger partial charge on any atom is -0.356 e. The largest absolute Gasteiger partial charge is 0.356 e. The van der Waals surface area contributed by atoms with Crippen molar-refractivity contribution in [3.63, 3.8) is 0 Å². The van der Waals surface area contributed by atoms with E-state index in [0.29, 0.717) is 16.3 Å². The fourth-order valence-corrected chi connectivity index (χ4v) is 4.99. The molecule has 3 N–H and O–H groups in total. The first kappa shape index (κ1) is 19.3. The highest BCUT2D eigenvalue weighted by Crippen LogP contribution is 2.34. The van der Waals surface area contributed by atoms with Crippen molar-refractivity contribution in [3.05, 3.63) is 36.5 Å². The van der Waals surface area contributed by atoms with Gasteiger partial charge in [-0.1, -0.05) is 12.1 Å². The van der Waals surface area contributed by atoms with Crippen LogP contribution in [0.25, 0.3) is 22.5 Å². The molecule has 2 aromatic heterocycles. The number of rotatable bonds is 6. The van der Waals surface area contributed by atoms with Gasteiger partial charge in [0.05, 0.1) is 4.90 Å². The molecule has 2 aliphatic heterocycles. The maximum absolute atomic E-state index is 12.1. The van der Waals surface area contributed by atoms with Crippen molar-refractivity contribution in [3.8, 4) is 22.5 Å². The number of pyridine rings is 1. The number of aromatic nitrogens is 5. The van der Waals surface area contributed by atoms with Crippen molar-refractivity contribution < 1.29 is 4.21 Å². The van der Waals surface area contributed by atoms with Gasteiger partial charge in [0, 0.05) is 42.9 Å². The average Bonchev–Trinajstić information content (AvgIpc) is 3.44. The summed E-state index contributed by atoms with van der Waals surface area (Å²) < 4.78 is 12.1. The topological polar surface area (TPSA) is 117 Å². The maximum Gasteiger partial charge on any atom is 0.206 e. The van der Waals surface area contributed by atoms with Gasteiger partial charge in [-0.05, 0) is 54.9 Å². The zero-order valence-electron chi connectivity index (χ0n) is 16.6. The summed E-state index contributed by atoms with van der Waals surface area (Å²) in [5, 5.41) is 19.9. The zero-order valence-corrected chi connectivity index (χ0v) is 17.4. The molecule has 156 valence electrons. The molecule has 1 aromatic carbocycles. The Balaban J connectivity index is 1.35. The van der Waals surface area contributed by atoms with Crippen molar-refractivity contribution in [2.75, 3.05) is 37.6 Å². The number of anilines is 1. The van der Waals surface area contributed by atoms with E-state index in [1.54, 1.807) is 6.07 Å². The Kier molecular flexibility index (Phi) is 5.28. The molecule has 1 unspecified atom stereocenters. The Morgan fingerprint density at radius 1 is 1.17 bits per heavy atom. The molecule has 3 aromatic rings. The predicted octanol–water partition coefficient (Wildman–Crippen LogP) is 1.44.